The van der Waals surface area contributed by atoms with Crippen molar-refractivity contribution in [2.24, 2.45) is 0 Å². The van der Waals surface area contributed by atoms with Gasteiger partial charge in [0.25, 0.3) is 0 Å². The number of nitrogen functional groups attached to an aromatic ring is 1. The minimum absolute atomic E-state index is 0.237. The Morgan fingerprint density at radius 2 is 2.00 bits per heavy atom. The van der Waals surface area contributed by atoms with Crippen molar-refractivity contribution in [3.05, 3.63) is 40.5 Å². The molecule has 0 bridgehead atoms. The van der Waals surface area contributed by atoms with Crippen molar-refractivity contribution in [1.29, 1.82) is 0 Å². The predicted octanol–water partition coefficient (Wildman–Crippen LogP) is 2.92. The Labute approximate surface area is 102 Å². The lowest BCUT2D eigenvalue weighted by atomic mass is 10.2. The maximum absolute atomic E-state index is 5.59. The molecule has 0 atom stereocenters. The average molecular weight is 280 g/mol. The van der Waals surface area contributed by atoms with Gasteiger partial charge in [-0.3, -0.25) is 0 Å². The van der Waals surface area contributed by atoms with Crippen LogP contribution in [0.4, 0.5) is 5.82 Å². The summed E-state index contributed by atoms with van der Waals surface area (Å²) in [5.41, 5.74) is 6.61. The van der Waals surface area contributed by atoms with E-state index in [1.807, 2.05) is 31.2 Å². The minimum atomic E-state index is 0.237. The number of benzene rings is 1. The first-order chi connectivity index (χ1) is 7.65. The van der Waals surface area contributed by atoms with Gasteiger partial charge >= 0.3 is 6.01 Å². The minimum Gasteiger partial charge on any atom is -0.424 e. The van der Waals surface area contributed by atoms with Crippen LogP contribution in [-0.2, 0) is 0 Å². The highest BCUT2D eigenvalue weighted by Gasteiger charge is 2.05. The monoisotopic (exact) mass is 279 g/mol. The molecule has 2 rings (SSSR count). The molecule has 0 aliphatic rings. The fourth-order valence-corrected chi connectivity index (χ4v) is 1.61. The summed E-state index contributed by atoms with van der Waals surface area (Å²) in [6, 6.07) is 9.50. The third kappa shape index (κ3) is 2.49. The number of aryl methyl sites for hydroxylation is 1. The molecule has 2 N–H and O–H groups in total. The molecule has 5 heteroatoms. The van der Waals surface area contributed by atoms with Gasteiger partial charge in [-0.25, -0.2) is 0 Å². The van der Waals surface area contributed by atoms with Gasteiger partial charge in [0.15, 0.2) is 0 Å². The van der Waals surface area contributed by atoms with Gasteiger partial charge in [-0.1, -0.05) is 18.2 Å². The number of hydrogen-bond donors (Lipinski definition) is 1. The highest BCUT2D eigenvalue weighted by Crippen LogP contribution is 2.23. The molecule has 2 aromatic rings. The van der Waals surface area contributed by atoms with Gasteiger partial charge in [0.05, 0.1) is 0 Å². The van der Waals surface area contributed by atoms with Crippen LogP contribution in [-0.4, -0.2) is 9.97 Å². The summed E-state index contributed by atoms with van der Waals surface area (Å²) in [4.78, 5) is 8.06. The molecule has 0 saturated heterocycles. The lowest BCUT2D eigenvalue weighted by Gasteiger charge is -2.06. The van der Waals surface area contributed by atoms with Gasteiger partial charge < -0.3 is 10.5 Å². The first-order valence-corrected chi connectivity index (χ1v) is 5.48. The number of halogens is 1. The summed E-state index contributed by atoms with van der Waals surface area (Å²) in [5.74, 6) is 1.09. The zero-order valence-electron chi connectivity index (χ0n) is 8.64. The van der Waals surface area contributed by atoms with E-state index in [2.05, 4.69) is 25.9 Å². The highest BCUT2D eigenvalue weighted by molar-refractivity contribution is 9.10. The first-order valence-electron chi connectivity index (χ1n) is 4.69. The SMILES string of the molecule is Cc1ccccc1Oc1nc(N)cc(Br)n1. The predicted molar refractivity (Wildman–Crippen MR) is 65.4 cm³/mol. The molecule has 0 spiro atoms. The molecule has 82 valence electrons. The van der Waals surface area contributed by atoms with Crippen molar-refractivity contribution in [2.75, 3.05) is 5.73 Å². The van der Waals surface area contributed by atoms with Crippen LogP contribution in [0.2, 0.25) is 0 Å². The molecule has 4 nitrogen and oxygen atoms in total. The van der Waals surface area contributed by atoms with Gasteiger partial charge in [-0.05, 0) is 34.5 Å². The highest BCUT2D eigenvalue weighted by atomic mass is 79.9. The summed E-state index contributed by atoms with van der Waals surface area (Å²) in [5, 5.41) is 0. The van der Waals surface area contributed by atoms with Crippen LogP contribution in [0.15, 0.2) is 34.9 Å². The zero-order valence-corrected chi connectivity index (χ0v) is 10.2. The van der Waals surface area contributed by atoms with Crippen LogP contribution >= 0.6 is 15.9 Å². The smallest absolute Gasteiger partial charge is 0.325 e. The number of nitrogens with zero attached hydrogens (tertiary/aromatic N) is 2. The molecule has 0 unspecified atom stereocenters. The van der Waals surface area contributed by atoms with Crippen molar-refractivity contribution in [3.8, 4) is 11.8 Å². The van der Waals surface area contributed by atoms with E-state index in [1.54, 1.807) is 6.07 Å². The Morgan fingerprint density at radius 1 is 1.25 bits per heavy atom. The van der Waals surface area contributed by atoms with Crippen LogP contribution in [0.3, 0.4) is 0 Å². The first kappa shape index (κ1) is 10.9. The van der Waals surface area contributed by atoms with Crippen LogP contribution < -0.4 is 10.5 Å². The molecule has 16 heavy (non-hydrogen) atoms. The van der Waals surface area contributed by atoms with Gasteiger partial charge in [0.2, 0.25) is 0 Å². The van der Waals surface area contributed by atoms with E-state index >= 15 is 0 Å². The molecule has 0 fully saturated rings. The zero-order chi connectivity index (χ0) is 11.5. The summed E-state index contributed by atoms with van der Waals surface area (Å²) in [6.07, 6.45) is 0. The normalized spacial score (nSPS) is 10.1. The van der Waals surface area contributed by atoms with E-state index < -0.39 is 0 Å². The van der Waals surface area contributed by atoms with Crippen LogP contribution in [0.5, 0.6) is 11.8 Å². The van der Waals surface area contributed by atoms with E-state index in [-0.39, 0.29) is 6.01 Å². The van der Waals surface area contributed by atoms with E-state index in [0.717, 1.165) is 11.3 Å². The Balaban J connectivity index is 2.30. The molecule has 0 amide bonds. The maximum atomic E-state index is 5.59. The fraction of sp³-hybridized carbons (Fsp3) is 0.0909. The van der Waals surface area contributed by atoms with Gasteiger partial charge in [0, 0.05) is 6.07 Å². The van der Waals surface area contributed by atoms with Crippen molar-refractivity contribution in [2.45, 2.75) is 6.92 Å². The van der Waals surface area contributed by atoms with Crippen LogP contribution in [0.1, 0.15) is 5.56 Å². The summed E-state index contributed by atoms with van der Waals surface area (Å²) >= 11 is 3.23. The van der Waals surface area contributed by atoms with Crippen molar-refractivity contribution in [1.82, 2.24) is 9.97 Å². The molecule has 1 heterocycles. The molecule has 1 aromatic carbocycles. The van der Waals surface area contributed by atoms with E-state index in [0.29, 0.717) is 10.4 Å². The summed E-state index contributed by atoms with van der Waals surface area (Å²) < 4.78 is 6.14. The molecular weight excluding hydrogens is 270 g/mol. The molecule has 0 saturated carbocycles. The number of aromatic nitrogens is 2. The molecule has 1 aromatic heterocycles. The second-order valence-electron chi connectivity index (χ2n) is 3.27. The van der Waals surface area contributed by atoms with Crippen molar-refractivity contribution >= 4 is 21.7 Å². The van der Waals surface area contributed by atoms with Gasteiger partial charge in [-0.2, -0.15) is 9.97 Å². The fourth-order valence-electron chi connectivity index (χ4n) is 1.23. The van der Waals surface area contributed by atoms with E-state index in [9.17, 15) is 0 Å². The largest absolute Gasteiger partial charge is 0.424 e. The Morgan fingerprint density at radius 3 is 2.69 bits per heavy atom. The third-order valence-electron chi connectivity index (χ3n) is 1.99. The number of ether oxygens (including phenoxy) is 1. The van der Waals surface area contributed by atoms with Crippen LogP contribution in [0, 0.1) is 6.92 Å². The van der Waals surface area contributed by atoms with Crippen molar-refractivity contribution < 1.29 is 4.74 Å². The number of nitrogens with two attached hydrogens (primary N) is 1. The maximum Gasteiger partial charge on any atom is 0.325 e. The number of para-hydroxylation sites is 1. The molecule has 0 aliphatic carbocycles. The van der Waals surface area contributed by atoms with E-state index in [4.69, 9.17) is 10.5 Å². The second kappa shape index (κ2) is 4.49. The standard InChI is InChI=1S/C11H10BrN3O/c1-7-4-2-3-5-8(7)16-11-14-9(12)6-10(13)15-11/h2-6H,1H3,(H2,13,14,15). The average Bonchev–Trinajstić information content (AvgIpc) is 2.20. The molecule has 0 aliphatic heterocycles. The Kier molecular flexibility index (Phi) is 3.05. The summed E-state index contributed by atoms with van der Waals surface area (Å²) in [6.45, 7) is 1.96. The molecule has 0 radical (unpaired) electrons. The Hall–Kier alpha value is -1.62. The van der Waals surface area contributed by atoms with Gasteiger partial charge in [0.1, 0.15) is 16.2 Å². The number of rotatable bonds is 2. The quantitative estimate of drug-likeness (QED) is 0.859. The Bertz CT molecular complexity index is 496. The lowest BCUT2D eigenvalue weighted by molar-refractivity contribution is 0.438. The molecular formula is C11H10BrN3O. The summed E-state index contributed by atoms with van der Waals surface area (Å²) in [7, 11) is 0. The van der Waals surface area contributed by atoms with E-state index in [1.165, 1.54) is 0 Å². The third-order valence-corrected chi connectivity index (χ3v) is 2.40. The number of anilines is 1. The van der Waals surface area contributed by atoms with Crippen molar-refractivity contribution in [3.63, 3.8) is 0 Å². The van der Waals surface area contributed by atoms with Crippen LogP contribution in [0.25, 0.3) is 0 Å². The second-order valence-corrected chi connectivity index (χ2v) is 4.08. The van der Waals surface area contributed by atoms with Gasteiger partial charge in [-0.15, -0.1) is 0 Å². The number of hydrogen-bond acceptors (Lipinski definition) is 4. The topological polar surface area (TPSA) is 61.0 Å². The lowest BCUT2D eigenvalue weighted by Crippen LogP contribution is -1.97.